The number of hydrogen-bond donors (Lipinski definition) is 1. The van der Waals surface area contributed by atoms with Crippen molar-refractivity contribution in [2.24, 2.45) is 0 Å². The molecule has 0 heterocycles. The SMILES string of the molecule is COc1ccc2cccc(NC(C)=O)c2c1/C=C/c1ccccc1. The Labute approximate surface area is 141 Å². The zero-order chi connectivity index (χ0) is 16.9. The number of ether oxygens (including phenoxy) is 1. The quantitative estimate of drug-likeness (QED) is 0.689. The van der Waals surface area contributed by atoms with Gasteiger partial charge in [0.25, 0.3) is 0 Å². The Kier molecular flexibility index (Phi) is 4.62. The lowest BCUT2D eigenvalue weighted by molar-refractivity contribution is -0.114. The lowest BCUT2D eigenvalue weighted by Gasteiger charge is -2.13. The van der Waals surface area contributed by atoms with Gasteiger partial charge in [-0.25, -0.2) is 0 Å². The Morgan fingerprint density at radius 1 is 0.958 bits per heavy atom. The molecule has 0 spiro atoms. The van der Waals surface area contributed by atoms with E-state index in [1.54, 1.807) is 7.11 Å². The fraction of sp³-hybridized carbons (Fsp3) is 0.0952. The molecule has 0 aliphatic rings. The van der Waals surface area contributed by atoms with E-state index in [9.17, 15) is 4.79 Å². The Morgan fingerprint density at radius 2 is 1.75 bits per heavy atom. The molecule has 0 aromatic heterocycles. The molecule has 120 valence electrons. The van der Waals surface area contributed by atoms with E-state index in [2.05, 4.69) is 5.32 Å². The maximum absolute atomic E-state index is 11.5. The summed E-state index contributed by atoms with van der Waals surface area (Å²) < 4.78 is 5.54. The number of carbonyl (C=O) groups is 1. The van der Waals surface area contributed by atoms with Crippen LogP contribution in [0.3, 0.4) is 0 Å². The van der Waals surface area contributed by atoms with E-state index in [1.165, 1.54) is 6.92 Å². The summed E-state index contributed by atoms with van der Waals surface area (Å²) in [5, 5.41) is 4.93. The molecule has 0 aliphatic carbocycles. The third kappa shape index (κ3) is 3.30. The smallest absolute Gasteiger partial charge is 0.221 e. The molecule has 0 fully saturated rings. The lowest BCUT2D eigenvalue weighted by atomic mass is 10.00. The van der Waals surface area contributed by atoms with Gasteiger partial charge in [-0.2, -0.15) is 0 Å². The Hall–Kier alpha value is -3.07. The van der Waals surface area contributed by atoms with Crippen LogP contribution in [0.25, 0.3) is 22.9 Å². The van der Waals surface area contributed by atoms with E-state index in [4.69, 9.17) is 4.74 Å². The van der Waals surface area contributed by atoms with Crippen molar-refractivity contribution in [3.8, 4) is 5.75 Å². The van der Waals surface area contributed by atoms with Crippen LogP contribution in [0, 0.1) is 0 Å². The van der Waals surface area contributed by atoms with Gasteiger partial charge >= 0.3 is 0 Å². The van der Waals surface area contributed by atoms with E-state index < -0.39 is 0 Å². The van der Waals surface area contributed by atoms with Gasteiger partial charge in [-0.05, 0) is 29.2 Å². The number of carbonyl (C=O) groups excluding carboxylic acids is 1. The molecule has 3 aromatic carbocycles. The van der Waals surface area contributed by atoms with Gasteiger partial charge in [-0.15, -0.1) is 0 Å². The van der Waals surface area contributed by atoms with Crippen molar-refractivity contribution < 1.29 is 9.53 Å². The zero-order valence-corrected chi connectivity index (χ0v) is 13.7. The summed E-state index contributed by atoms with van der Waals surface area (Å²) in [4.78, 5) is 11.5. The monoisotopic (exact) mass is 317 g/mol. The molecule has 0 atom stereocenters. The minimum Gasteiger partial charge on any atom is -0.496 e. The van der Waals surface area contributed by atoms with E-state index in [1.807, 2.05) is 72.8 Å². The normalized spacial score (nSPS) is 10.9. The highest BCUT2D eigenvalue weighted by molar-refractivity contribution is 6.07. The largest absolute Gasteiger partial charge is 0.496 e. The highest BCUT2D eigenvalue weighted by Crippen LogP contribution is 2.34. The van der Waals surface area contributed by atoms with Crippen LogP contribution in [0.15, 0.2) is 60.7 Å². The van der Waals surface area contributed by atoms with Gasteiger partial charge in [0.05, 0.1) is 7.11 Å². The minimum absolute atomic E-state index is 0.0942. The van der Waals surface area contributed by atoms with E-state index in [-0.39, 0.29) is 5.91 Å². The van der Waals surface area contributed by atoms with Gasteiger partial charge in [0, 0.05) is 23.6 Å². The second-order valence-electron chi connectivity index (χ2n) is 5.51. The van der Waals surface area contributed by atoms with Crippen molar-refractivity contribution in [3.05, 3.63) is 71.8 Å². The molecular formula is C21H19NO2. The molecule has 0 aliphatic heterocycles. The number of anilines is 1. The molecule has 3 aromatic rings. The minimum atomic E-state index is -0.0942. The average Bonchev–Trinajstić information content (AvgIpc) is 2.60. The van der Waals surface area contributed by atoms with Gasteiger partial charge in [-0.3, -0.25) is 4.79 Å². The Bertz CT molecular complexity index is 898. The van der Waals surface area contributed by atoms with Gasteiger partial charge in [0.1, 0.15) is 5.75 Å². The zero-order valence-electron chi connectivity index (χ0n) is 13.7. The van der Waals surface area contributed by atoms with Crippen molar-refractivity contribution >= 4 is 34.5 Å². The summed E-state index contributed by atoms with van der Waals surface area (Å²) in [5.41, 5.74) is 2.84. The second kappa shape index (κ2) is 7.01. The van der Waals surface area contributed by atoms with Crippen LogP contribution >= 0.6 is 0 Å². The molecule has 3 heteroatoms. The summed E-state index contributed by atoms with van der Waals surface area (Å²) >= 11 is 0. The van der Waals surface area contributed by atoms with Gasteiger partial charge in [-0.1, -0.05) is 54.6 Å². The number of benzene rings is 3. The lowest BCUT2D eigenvalue weighted by Crippen LogP contribution is -2.06. The highest BCUT2D eigenvalue weighted by atomic mass is 16.5. The fourth-order valence-corrected chi connectivity index (χ4v) is 2.77. The molecule has 1 N–H and O–H groups in total. The van der Waals surface area contributed by atoms with Gasteiger partial charge in [0.2, 0.25) is 5.91 Å². The van der Waals surface area contributed by atoms with Crippen molar-refractivity contribution in [1.29, 1.82) is 0 Å². The van der Waals surface area contributed by atoms with Crippen LogP contribution in [-0.4, -0.2) is 13.0 Å². The van der Waals surface area contributed by atoms with Crippen molar-refractivity contribution in [1.82, 2.24) is 0 Å². The fourth-order valence-electron chi connectivity index (χ4n) is 2.77. The summed E-state index contributed by atoms with van der Waals surface area (Å²) in [7, 11) is 1.65. The Balaban J connectivity index is 2.19. The average molecular weight is 317 g/mol. The Morgan fingerprint density at radius 3 is 2.46 bits per heavy atom. The van der Waals surface area contributed by atoms with Crippen molar-refractivity contribution in [2.75, 3.05) is 12.4 Å². The first kappa shape index (κ1) is 15.8. The predicted molar refractivity (Wildman–Crippen MR) is 100 cm³/mol. The molecule has 0 unspecified atom stereocenters. The van der Waals surface area contributed by atoms with Crippen LogP contribution in [-0.2, 0) is 4.79 Å². The second-order valence-corrected chi connectivity index (χ2v) is 5.51. The molecule has 1 amide bonds. The molecule has 3 nitrogen and oxygen atoms in total. The summed E-state index contributed by atoms with van der Waals surface area (Å²) in [6.45, 7) is 1.51. The standard InChI is InChI=1S/C21H19NO2/c1-15(23)22-19-10-6-9-17-12-14-20(24-2)18(21(17)19)13-11-16-7-4-3-5-8-16/h3-14H,1-2H3,(H,22,23)/b13-11+. The molecule has 24 heavy (non-hydrogen) atoms. The highest BCUT2D eigenvalue weighted by Gasteiger charge is 2.10. The maximum Gasteiger partial charge on any atom is 0.221 e. The first-order chi connectivity index (χ1) is 11.7. The van der Waals surface area contributed by atoms with Crippen molar-refractivity contribution in [2.45, 2.75) is 6.92 Å². The summed E-state index contributed by atoms with van der Waals surface area (Å²) in [5.74, 6) is 0.677. The van der Waals surface area contributed by atoms with Crippen LogP contribution in [0.1, 0.15) is 18.1 Å². The molecule has 0 bridgehead atoms. The molecule has 3 rings (SSSR count). The van der Waals surface area contributed by atoms with Crippen LogP contribution in [0.4, 0.5) is 5.69 Å². The maximum atomic E-state index is 11.5. The van der Waals surface area contributed by atoms with Crippen LogP contribution < -0.4 is 10.1 Å². The number of hydrogen-bond acceptors (Lipinski definition) is 2. The van der Waals surface area contributed by atoms with Crippen molar-refractivity contribution in [3.63, 3.8) is 0 Å². The molecule has 0 saturated heterocycles. The number of amides is 1. The van der Waals surface area contributed by atoms with E-state index in [0.717, 1.165) is 33.3 Å². The van der Waals surface area contributed by atoms with Crippen LogP contribution in [0.5, 0.6) is 5.75 Å². The molecule has 0 radical (unpaired) electrons. The first-order valence-corrected chi connectivity index (χ1v) is 7.79. The van der Waals surface area contributed by atoms with E-state index in [0.29, 0.717) is 0 Å². The third-order valence-corrected chi connectivity index (χ3v) is 3.82. The molecule has 0 saturated carbocycles. The summed E-state index contributed by atoms with van der Waals surface area (Å²) in [6.07, 6.45) is 4.07. The first-order valence-electron chi connectivity index (χ1n) is 7.79. The van der Waals surface area contributed by atoms with Gasteiger partial charge < -0.3 is 10.1 Å². The number of nitrogens with one attached hydrogen (secondary N) is 1. The number of fused-ring (bicyclic) bond motifs is 1. The van der Waals surface area contributed by atoms with E-state index >= 15 is 0 Å². The van der Waals surface area contributed by atoms with Gasteiger partial charge in [0.15, 0.2) is 0 Å². The third-order valence-electron chi connectivity index (χ3n) is 3.82. The summed E-state index contributed by atoms with van der Waals surface area (Å²) in [6, 6.07) is 19.9. The predicted octanol–water partition coefficient (Wildman–Crippen LogP) is 4.98. The molecular weight excluding hydrogens is 298 g/mol. The van der Waals surface area contributed by atoms with Crippen LogP contribution in [0.2, 0.25) is 0 Å². The number of methoxy groups -OCH3 is 1. The number of rotatable bonds is 4. The topological polar surface area (TPSA) is 38.3 Å².